The van der Waals surface area contributed by atoms with Crippen molar-refractivity contribution < 1.29 is 9.59 Å². The monoisotopic (exact) mass is 247 g/mol. The van der Waals surface area contributed by atoms with Gasteiger partial charge in [-0.3, -0.25) is 9.59 Å². The number of carbonyl (C=O) groups is 2. The molecule has 1 aliphatic carbocycles. The number of benzene rings is 1. The Morgan fingerprint density at radius 1 is 1.28 bits per heavy atom. The first-order chi connectivity index (χ1) is 8.70. The minimum Gasteiger partial charge on any atom is -0.387 e. The Balaban J connectivity index is 1.88. The van der Waals surface area contributed by atoms with Crippen LogP contribution in [-0.2, 0) is 4.79 Å². The molecule has 0 bridgehead atoms. The molecule has 1 aliphatic rings. The number of para-hydroxylation sites is 1. The second kappa shape index (κ2) is 5.53. The van der Waals surface area contributed by atoms with Gasteiger partial charge < -0.3 is 16.0 Å². The van der Waals surface area contributed by atoms with Crippen LogP contribution in [0.5, 0.6) is 0 Å². The highest BCUT2D eigenvalue weighted by atomic mass is 16.2. The standard InChI is InChI=1S/C13H17N3O2/c1-14-11-5-3-2-4-10(11)13(18)15-8-12(17)16-9-6-7-9/h2-5,9,14H,6-8H2,1H3,(H,15,18)(H,16,17). The van der Waals surface area contributed by atoms with E-state index in [2.05, 4.69) is 16.0 Å². The van der Waals surface area contributed by atoms with Gasteiger partial charge in [-0.15, -0.1) is 0 Å². The third kappa shape index (κ3) is 3.23. The van der Waals surface area contributed by atoms with Crippen LogP contribution in [0.3, 0.4) is 0 Å². The summed E-state index contributed by atoms with van der Waals surface area (Å²) >= 11 is 0. The summed E-state index contributed by atoms with van der Waals surface area (Å²) in [6, 6.07) is 7.50. The Morgan fingerprint density at radius 3 is 2.67 bits per heavy atom. The number of amides is 2. The van der Waals surface area contributed by atoms with Crippen molar-refractivity contribution in [3.05, 3.63) is 29.8 Å². The maximum Gasteiger partial charge on any atom is 0.253 e. The summed E-state index contributed by atoms with van der Waals surface area (Å²) in [5.41, 5.74) is 1.29. The fourth-order valence-corrected chi connectivity index (χ4v) is 1.66. The Labute approximate surface area is 106 Å². The van der Waals surface area contributed by atoms with Crippen LogP contribution in [-0.4, -0.2) is 31.4 Å². The van der Waals surface area contributed by atoms with Gasteiger partial charge in [0.25, 0.3) is 5.91 Å². The summed E-state index contributed by atoms with van der Waals surface area (Å²) in [7, 11) is 1.76. The Kier molecular flexibility index (Phi) is 3.82. The lowest BCUT2D eigenvalue weighted by Gasteiger charge is -2.09. The van der Waals surface area contributed by atoms with E-state index >= 15 is 0 Å². The summed E-state index contributed by atoms with van der Waals surface area (Å²) in [5.74, 6) is -0.376. The first-order valence-electron chi connectivity index (χ1n) is 6.05. The van der Waals surface area contributed by atoms with E-state index in [0.29, 0.717) is 11.6 Å². The molecule has 1 aromatic rings. The van der Waals surface area contributed by atoms with Gasteiger partial charge in [-0.05, 0) is 25.0 Å². The summed E-state index contributed by atoms with van der Waals surface area (Å²) in [4.78, 5) is 23.3. The van der Waals surface area contributed by atoms with E-state index in [1.54, 1.807) is 19.2 Å². The van der Waals surface area contributed by atoms with Crippen LogP contribution in [0.2, 0.25) is 0 Å². The van der Waals surface area contributed by atoms with Crippen molar-refractivity contribution in [3.8, 4) is 0 Å². The first-order valence-corrected chi connectivity index (χ1v) is 6.05. The lowest BCUT2D eigenvalue weighted by atomic mass is 10.1. The summed E-state index contributed by atoms with van der Waals surface area (Å²) in [6.45, 7) is 0.0212. The molecule has 96 valence electrons. The fraction of sp³-hybridized carbons (Fsp3) is 0.385. The molecular weight excluding hydrogens is 230 g/mol. The van der Waals surface area contributed by atoms with Crippen molar-refractivity contribution in [2.45, 2.75) is 18.9 Å². The number of anilines is 1. The molecule has 1 saturated carbocycles. The van der Waals surface area contributed by atoms with Gasteiger partial charge in [-0.25, -0.2) is 0 Å². The molecule has 0 unspecified atom stereocenters. The Hall–Kier alpha value is -2.04. The highest BCUT2D eigenvalue weighted by molar-refractivity contribution is 6.01. The molecule has 2 amide bonds. The number of hydrogen-bond donors (Lipinski definition) is 3. The highest BCUT2D eigenvalue weighted by Gasteiger charge is 2.23. The van der Waals surface area contributed by atoms with Crippen molar-refractivity contribution in [3.63, 3.8) is 0 Å². The Morgan fingerprint density at radius 2 is 2.00 bits per heavy atom. The molecule has 0 aromatic heterocycles. The normalized spacial score (nSPS) is 13.8. The number of nitrogens with one attached hydrogen (secondary N) is 3. The number of rotatable bonds is 5. The van der Waals surface area contributed by atoms with Crippen LogP contribution in [0.15, 0.2) is 24.3 Å². The molecule has 0 spiro atoms. The summed E-state index contributed by atoms with van der Waals surface area (Å²) < 4.78 is 0. The predicted molar refractivity (Wildman–Crippen MR) is 69.5 cm³/mol. The average molecular weight is 247 g/mol. The molecule has 0 atom stereocenters. The lowest BCUT2D eigenvalue weighted by molar-refractivity contribution is -0.120. The summed E-state index contributed by atoms with van der Waals surface area (Å²) in [5, 5.41) is 8.38. The van der Waals surface area contributed by atoms with Crippen molar-refractivity contribution >= 4 is 17.5 Å². The molecule has 0 saturated heterocycles. The largest absolute Gasteiger partial charge is 0.387 e. The third-order valence-corrected chi connectivity index (χ3v) is 2.79. The molecule has 3 N–H and O–H groups in total. The van der Waals surface area contributed by atoms with E-state index < -0.39 is 0 Å². The van der Waals surface area contributed by atoms with Crippen molar-refractivity contribution in [2.24, 2.45) is 0 Å². The molecular formula is C13H17N3O2. The van der Waals surface area contributed by atoms with Crippen LogP contribution in [0, 0.1) is 0 Å². The minimum atomic E-state index is -0.245. The van der Waals surface area contributed by atoms with E-state index in [9.17, 15) is 9.59 Å². The van der Waals surface area contributed by atoms with Crippen molar-refractivity contribution in [2.75, 3.05) is 18.9 Å². The maximum absolute atomic E-state index is 11.9. The van der Waals surface area contributed by atoms with Crippen LogP contribution in [0.4, 0.5) is 5.69 Å². The quantitative estimate of drug-likeness (QED) is 0.718. The zero-order valence-electron chi connectivity index (χ0n) is 10.3. The van der Waals surface area contributed by atoms with Crippen molar-refractivity contribution in [1.29, 1.82) is 0 Å². The fourth-order valence-electron chi connectivity index (χ4n) is 1.66. The highest BCUT2D eigenvalue weighted by Crippen LogP contribution is 2.18. The van der Waals surface area contributed by atoms with Crippen LogP contribution >= 0.6 is 0 Å². The number of carbonyl (C=O) groups excluding carboxylic acids is 2. The molecule has 1 fully saturated rings. The minimum absolute atomic E-state index is 0.0212. The topological polar surface area (TPSA) is 70.2 Å². The first kappa shape index (κ1) is 12.4. The third-order valence-electron chi connectivity index (χ3n) is 2.79. The van der Waals surface area contributed by atoms with Gasteiger partial charge in [0.2, 0.25) is 5.91 Å². The van der Waals surface area contributed by atoms with E-state index in [1.807, 2.05) is 12.1 Å². The number of hydrogen-bond acceptors (Lipinski definition) is 3. The lowest BCUT2D eigenvalue weighted by Crippen LogP contribution is -2.38. The van der Waals surface area contributed by atoms with Crippen molar-refractivity contribution in [1.82, 2.24) is 10.6 Å². The summed E-state index contributed by atoms with van der Waals surface area (Å²) in [6.07, 6.45) is 2.09. The van der Waals surface area contributed by atoms with Crippen LogP contribution in [0.25, 0.3) is 0 Å². The molecule has 0 radical (unpaired) electrons. The Bertz CT molecular complexity index is 455. The van der Waals surface area contributed by atoms with Gasteiger partial charge in [-0.1, -0.05) is 12.1 Å². The van der Waals surface area contributed by atoms with Gasteiger partial charge >= 0.3 is 0 Å². The van der Waals surface area contributed by atoms with Gasteiger partial charge in [0.15, 0.2) is 0 Å². The molecule has 0 heterocycles. The SMILES string of the molecule is CNc1ccccc1C(=O)NCC(=O)NC1CC1. The molecule has 2 rings (SSSR count). The molecule has 5 heteroatoms. The smallest absolute Gasteiger partial charge is 0.253 e. The van der Waals surface area contributed by atoms with Crippen LogP contribution in [0.1, 0.15) is 23.2 Å². The van der Waals surface area contributed by atoms with E-state index in [4.69, 9.17) is 0 Å². The van der Waals surface area contributed by atoms with Gasteiger partial charge in [0.05, 0.1) is 12.1 Å². The second-order valence-corrected chi connectivity index (χ2v) is 4.32. The van der Waals surface area contributed by atoms with E-state index in [1.165, 1.54) is 0 Å². The zero-order chi connectivity index (χ0) is 13.0. The van der Waals surface area contributed by atoms with Crippen LogP contribution < -0.4 is 16.0 Å². The zero-order valence-corrected chi connectivity index (χ0v) is 10.3. The molecule has 18 heavy (non-hydrogen) atoms. The second-order valence-electron chi connectivity index (χ2n) is 4.32. The van der Waals surface area contributed by atoms with E-state index in [-0.39, 0.29) is 18.4 Å². The predicted octanol–water partition coefficient (Wildman–Crippen LogP) is 0.737. The van der Waals surface area contributed by atoms with E-state index in [0.717, 1.165) is 18.5 Å². The maximum atomic E-state index is 11.9. The van der Waals surface area contributed by atoms with Gasteiger partial charge in [0, 0.05) is 18.8 Å². The molecule has 0 aliphatic heterocycles. The van der Waals surface area contributed by atoms with Gasteiger partial charge in [0.1, 0.15) is 0 Å². The van der Waals surface area contributed by atoms with Gasteiger partial charge in [-0.2, -0.15) is 0 Å². The average Bonchev–Trinajstić information content (AvgIpc) is 3.19. The molecule has 1 aromatic carbocycles. The molecule has 5 nitrogen and oxygen atoms in total.